The van der Waals surface area contributed by atoms with Crippen molar-refractivity contribution in [3.8, 4) is 0 Å². The SMILES string of the molecule is C[C@H](NC(=O)c1ccc(NC(=O)CC2=CCCCC2)cc1)C(=O)O. The number of carboxylic acid groups (broad SMARTS) is 1. The van der Waals surface area contributed by atoms with Crippen molar-refractivity contribution in [3.63, 3.8) is 0 Å². The Morgan fingerprint density at radius 1 is 1.17 bits per heavy atom. The fraction of sp³-hybridized carbons (Fsp3) is 0.389. The van der Waals surface area contributed by atoms with Gasteiger partial charge in [0.25, 0.3) is 5.91 Å². The molecular formula is C18H22N2O4. The van der Waals surface area contributed by atoms with Crippen LogP contribution in [-0.2, 0) is 9.59 Å². The van der Waals surface area contributed by atoms with Crippen molar-refractivity contribution in [2.24, 2.45) is 0 Å². The van der Waals surface area contributed by atoms with Crippen molar-refractivity contribution >= 4 is 23.5 Å². The van der Waals surface area contributed by atoms with E-state index in [1.54, 1.807) is 24.3 Å². The van der Waals surface area contributed by atoms with Crippen LogP contribution < -0.4 is 10.6 Å². The highest BCUT2D eigenvalue weighted by Crippen LogP contribution is 2.20. The summed E-state index contributed by atoms with van der Waals surface area (Å²) in [6, 6.07) is 5.42. The average Bonchev–Trinajstić information content (AvgIpc) is 2.56. The molecule has 0 unspecified atom stereocenters. The third kappa shape index (κ3) is 5.22. The number of carboxylic acids is 1. The fourth-order valence-corrected chi connectivity index (χ4v) is 2.52. The first-order valence-corrected chi connectivity index (χ1v) is 8.07. The summed E-state index contributed by atoms with van der Waals surface area (Å²) in [6.07, 6.45) is 6.89. The van der Waals surface area contributed by atoms with Crippen molar-refractivity contribution in [1.82, 2.24) is 5.32 Å². The maximum Gasteiger partial charge on any atom is 0.325 e. The minimum absolute atomic E-state index is 0.0696. The largest absolute Gasteiger partial charge is 0.480 e. The molecule has 0 aromatic heterocycles. The summed E-state index contributed by atoms with van der Waals surface area (Å²) in [5.74, 6) is -1.63. The number of amides is 2. The van der Waals surface area contributed by atoms with Gasteiger partial charge in [0.05, 0.1) is 0 Å². The molecule has 0 saturated carbocycles. The van der Waals surface area contributed by atoms with Crippen molar-refractivity contribution in [2.45, 2.75) is 45.1 Å². The molecule has 1 atom stereocenters. The van der Waals surface area contributed by atoms with Crippen LogP contribution >= 0.6 is 0 Å². The molecule has 1 aromatic rings. The van der Waals surface area contributed by atoms with Crippen molar-refractivity contribution in [2.75, 3.05) is 5.32 Å². The Hall–Kier alpha value is -2.63. The van der Waals surface area contributed by atoms with Gasteiger partial charge in [-0.2, -0.15) is 0 Å². The third-order valence-corrected chi connectivity index (χ3v) is 3.92. The lowest BCUT2D eigenvalue weighted by Gasteiger charge is -2.13. The van der Waals surface area contributed by atoms with Crippen LogP contribution in [0.4, 0.5) is 5.69 Å². The van der Waals surface area contributed by atoms with Crippen LogP contribution in [0.2, 0.25) is 0 Å². The molecule has 2 amide bonds. The number of carbonyl (C=O) groups is 3. The second kappa shape index (κ2) is 8.29. The van der Waals surface area contributed by atoms with Crippen LogP contribution in [0.1, 0.15) is 49.4 Å². The number of carbonyl (C=O) groups excluding carboxylic acids is 2. The van der Waals surface area contributed by atoms with E-state index < -0.39 is 17.9 Å². The van der Waals surface area contributed by atoms with Gasteiger partial charge in [-0.05, 0) is 56.9 Å². The van der Waals surface area contributed by atoms with Gasteiger partial charge in [-0.3, -0.25) is 14.4 Å². The lowest BCUT2D eigenvalue weighted by molar-refractivity contribution is -0.138. The van der Waals surface area contributed by atoms with Crippen LogP contribution in [0, 0.1) is 0 Å². The van der Waals surface area contributed by atoms with E-state index in [4.69, 9.17) is 5.11 Å². The minimum atomic E-state index is -1.09. The number of aliphatic carboxylic acids is 1. The number of hydrogen-bond acceptors (Lipinski definition) is 3. The van der Waals surface area contributed by atoms with Crippen LogP contribution in [0.5, 0.6) is 0 Å². The number of rotatable bonds is 6. The molecule has 6 heteroatoms. The normalized spacial score (nSPS) is 15.1. The first-order valence-electron chi connectivity index (χ1n) is 8.07. The van der Waals surface area contributed by atoms with Crippen molar-refractivity contribution < 1.29 is 19.5 Å². The van der Waals surface area contributed by atoms with Crippen molar-refractivity contribution in [1.29, 1.82) is 0 Å². The summed E-state index contributed by atoms with van der Waals surface area (Å²) in [5, 5.41) is 14.0. The van der Waals surface area contributed by atoms with Gasteiger partial charge >= 0.3 is 5.97 Å². The first kappa shape index (κ1) is 17.7. The topological polar surface area (TPSA) is 95.5 Å². The highest BCUT2D eigenvalue weighted by atomic mass is 16.4. The van der Waals surface area contributed by atoms with E-state index in [1.165, 1.54) is 18.9 Å². The van der Waals surface area contributed by atoms with Crippen LogP contribution in [0.3, 0.4) is 0 Å². The Labute approximate surface area is 140 Å². The minimum Gasteiger partial charge on any atom is -0.480 e. The molecule has 0 fully saturated rings. The van der Waals surface area contributed by atoms with Crippen LogP contribution in [-0.4, -0.2) is 28.9 Å². The number of hydrogen-bond donors (Lipinski definition) is 3. The van der Waals surface area contributed by atoms with E-state index >= 15 is 0 Å². The van der Waals surface area contributed by atoms with Crippen molar-refractivity contribution in [3.05, 3.63) is 41.5 Å². The van der Waals surface area contributed by atoms with Crippen LogP contribution in [0.25, 0.3) is 0 Å². The molecule has 24 heavy (non-hydrogen) atoms. The van der Waals surface area contributed by atoms with Gasteiger partial charge in [-0.25, -0.2) is 0 Å². The molecule has 0 heterocycles. The predicted octanol–water partition coefficient (Wildman–Crippen LogP) is 2.72. The second-order valence-corrected chi connectivity index (χ2v) is 5.94. The van der Waals surface area contributed by atoms with Gasteiger partial charge in [-0.1, -0.05) is 11.6 Å². The van der Waals surface area contributed by atoms with Gasteiger partial charge < -0.3 is 15.7 Å². The third-order valence-electron chi connectivity index (χ3n) is 3.92. The fourth-order valence-electron chi connectivity index (χ4n) is 2.52. The van der Waals surface area contributed by atoms with Gasteiger partial charge in [0.2, 0.25) is 5.91 Å². The van der Waals surface area contributed by atoms with E-state index in [-0.39, 0.29) is 5.91 Å². The van der Waals surface area contributed by atoms with E-state index in [2.05, 4.69) is 16.7 Å². The zero-order chi connectivity index (χ0) is 17.5. The lowest BCUT2D eigenvalue weighted by Crippen LogP contribution is -2.38. The Bertz CT molecular complexity index is 649. The molecule has 0 radical (unpaired) electrons. The maximum absolute atomic E-state index is 12.0. The Morgan fingerprint density at radius 2 is 1.88 bits per heavy atom. The van der Waals surface area contributed by atoms with E-state index in [0.717, 1.165) is 19.3 Å². The molecule has 0 saturated heterocycles. The Balaban J connectivity index is 1.89. The molecule has 6 nitrogen and oxygen atoms in total. The summed E-state index contributed by atoms with van der Waals surface area (Å²) in [6.45, 7) is 1.40. The molecule has 1 aromatic carbocycles. The summed E-state index contributed by atoms with van der Waals surface area (Å²) >= 11 is 0. The van der Waals surface area contributed by atoms with E-state index in [9.17, 15) is 14.4 Å². The summed E-state index contributed by atoms with van der Waals surface area (Å²) < 4.78 is 0. The molecule has 0 aliphatic heterocycles. The molecule has 2 rings (SSSR count). The highest BCUT2D eigenvalue weighted by molar-refractivity contribution is 5.97. The predicted molar refractivity (Wildman–Crippen MR) is 90.8 cm³/mol. The monoisotopic (exact) mass is 330 g/mol. The van der Waals surface area contributed by atoms with Gasteiger partial charge in [0.15, 0.2) is 0 Å². The zero-order valence-corrected chi connectivity index (χ0v) is 13.7. The maximum atomic E-state index is 12.0. The zero-order valence-electron chi connectivity index (χ0n) is 13.7. The van der Waals surface area contributed by atoms with Gasteiger partial charge in [0, 0.05) is 17.7 Å². The molecular weight excluding hydrogens is 308 g/mol. The van der Waals surface area contributed by atoms with Gasteiger partial charge in [0.1, 0.15) is 6.04 Å². The van der Waals surface area contributed by atoms with Gasteiger partial charge in [-0.15, -0.1) is 0 Å². The smallest absolute Gasteiger partial charge is 0.325 e. The molecule has 1 aliphatic carbocycles. The van der Waals surface area contributed by atoms with E-state index in [0.29, 0.717) is 17.7 Å². The molecule has 128 valence electrons. The summed E-state index contributed by atoms with van der Waals surface area (Å²) in [7, 11) is 0. The van der Waals surface area contributed by atoms with E-state index in [1.807, 2.05) is 0 Å². The quantitative estimate of drug-likeness (QED) is 0.699. The average molecular weight is 330 g/mol. The summed E-state index contributed by atoms with van der Waals surface area (Å²) in [4.78, 5) is 34.6. The second-order valence-electron chi connectivity index (χ2n) is 5.94. The summed E-state index contributed by atoms with van der Waals surface area (Å²) in [5.41, 5.74) is 2.13. The van der Waals surface area contributed by atoms with Crippen LogP contribution in [0.15, 0.2) is 35.9 Å². The molecule has 0 spiro atoms. The number of nitrogens with one attached hydrogen (secondary N) is 2. The standard InChI is InChI=1S/C18H22N2O4/c1-12(18(23)24)19-17(22)14-7-9-15(10-8-14)20-16(21)11-13-5-3-2-4-6-13/h5,7-10,12H,2-4,6,11H2,1H3,(H,19,22)(H,20,21)(H,23,24)/t12-/m0/s1. The molecule has 1 aliphatic rings. The number of allylic oxidation sites excluding steroid dienone is 1. The first-order chi connectivity index (χ1) is 11.5. The number of anilines is 1. The Morgan fingerprint density at radius 3 is 2.46 bits per heavy atom. The molecule has 0 bridgehead atoms. The Kier molecular flexibility index (Phi) is 6.12. The lowest BCUT2D eigenvalue weighted by atomic mass is 9.97. The highest BCUT2D eigenvalue weighted by Gasteiger charge is 2.15. The number of benzene rings is 1. The molecule has 3 N–H and O–H groups in total.